The highest BCUT2D eigenvalue weighted by Crippen LogP contribution is 2.38. The molecule has 7 nitrogen and oxygen atoms in total. The summed E-state index contributed by atoms with van der Waals surface area (Å²) in [5, 5.41) is 4.85. The van der Waals surface area contributed by atoms with Gasteiger partial charge in [-0.25, -0.2) is 9.50 Å². The fraction of sp³-hybridized carbons (Fsp3) is 0.269. The Morgan fingerprint density at radius 1 is 1.00 bits per heavy atom. The summed E-state index contributed by atoms with van der Waals surface area (Å²) in [6.45, 7) is 0.337. The Labute approximate surface area is 191 Å². The molecule has 7 heteroatoms. The van der Waals surface area contributed by atoms with Crippen LogP contribution >= 0.6 is 0 Å². The van der Waals surface area contributed by atoms with E-state index in [4.69, 9.17) is 19.3 Å². The molecule has 2 aromatic heterocycles. The Hall–Kier alpha value is -3.71. The van der Waals surface area contributed by atoms with Gasteiger partial charge in [-0.1, -0.05) is 30.3 Å². The van der Waals surface area contributed by atoms with Gasteiger partial charge in [0.05, 0.1) is 43.3 Å². The van der Waals surface area contributed by atoms with Crippen LogP contribution in [0.5, 0.6) is 11.5 Å². The highest BCUT2D eigenvalue weighted by Gasteiger charge is 2.31. The van der Waals surface area contributed by atoms with E-state index < -0.39 is 0 Å². The number of hydrogen-bond acceptors (Lipinski definition) is 6. The Bertz CT molecular complexity index is 1330. The molecule has 0 radical (unpaired) electrons. The number of carbonyl (C=O) groups is 1. The Morgan fingerprint density at radius 2 is 1.79 bits per heavy atom. The summed E-state index contributed by atoms with van der Waals surface area (Å²) < 4.78 is 18.1. The van der Waals surface area contributed by atoms with Gasteiger partial charge in [0.2, 0.25) is 0 Å². The van der Waals surface area contributed by atoms with E-state index in [1.54, 1.807) is 27.5 Å². The van der Waals surface area contributed by atoms with Crippen LogP contribution in [0.15, 0.2) is 54.7 Å². The third-order valence-electron chi connectivity index (χ3n) is 6.23. The summed E-state index contributed by atoms with van der Waals surface area (Å²) in [6.07, 6.45) is 2.77. The molecule has 0 spiro atoms. The molecule has 0 unspecified atom stereocenters. The van der Waals surface area contributed by atoms with E-state index in [9.17, 15) is 4.79 Å². The van der Waals surface area contributed by atoms with Gasteiger partial charge in [0.15, 0.2) is 11.4 Å². The Balaban J connectivity index is 1.66. The molecule has 0 saturated carbocycles. The molecule has 0 N–H and O–H groups in total. The van der Waals surface area contributed by atoms with Crippen LogP contribution in [0.3, 0.4) is 0 Å². The smallest absolute Gasteiger partial charge is 0.166 e. The normalized spacial score (nSPS) is 15.5. The number of methoxy groups -OCH3 is 3. The van der Waals surface area contributed by atoms with Crippen molar-refractivity contribution >= 4 is 11.4 Å². The average Bonchev–Trinajstić information content (AvgIpc) is 3.22. The number of rotatable bonds is 6. The predicted molar refractivity (Wildman–Crippen MR) is 124 cm³/mol. The average molecular weight is 444 g/mol. The summed E-state index contributed by atoms with van der Waals surface area (Å²) in [6, 6.07) is 15.7. The van der Waals surface area contributed by atoms with Gasteiger partial charge in [-0.2, -0.15) is 5.10 Å². The lowest BCUT2D eigenvalue weighted by Crippen LogP contribution is -2.23. The lowest BCUT2D eigenvalue weighted by molar-refractivity contribution is 0.0961. The van der Waals surface area contributed by atoms with Crippen LogP contribution in [0, 0.1) is 0 Å². The summed E-state index contributed by atoms with van der Waals surface area (Å²) >= 11 is 0. The van der Waals surface area contributed by atoms with Crippen molar-refractivity contribution in [1.29, 1.82) is 0 Å². The second-order valence-electron chi connectivity index (χ2n) is 8.11. The van der Waals surface area contributed by atoms with Gasteiger partial charge in [0.1, 0.15) is 11.5 Å². The topological polar surface area (TPSA) is 75.0 Å². The van der Waals surface area contributed by atoms with Crippen molar-refractivity contribution in [1.82, 2.24) is 14.6 Å². The van der Waals surface area contributed by atoms with E-state index in [0.717, 1.165) is 39.6 Å². The van der Waals surface area contributed by atoms with Crippen molar-refractivity contribution in [2.24, 2.45) is 0 Å². The number of fused-ring (bicyclic) bond motifs is 3. The van der Waals surface area contributed by atoms with Crippen LogP contribution in [0.25, 0.3) is 16.8 Å². The minimum Gasteiger partial charge on any atom is -0.497 e. The van der Waals surface area contributed by atoms with E-state index in [-0.39, 0.29) is 11.7 Å². The highest BCUT2D eigenvalue weighted by atomic mass is 16.5. The number of aromatic nitrogens is 3. The van der Waals surface area contributed by atoms with Crippen molar-refractivity contribution in [2.75, 3.05) is 21.3 Å². The molecule has 0 saturated heterocycles. The molecule has 0 bridgehead atoms. The second-order valence-corrected chi connectivity index (χ2v) is 8.11. The summed E-state index contributed by atoms with van der Waals surface area (Å²) in [4.78, 5) is 17.8. The van der Waals surface area contributed by atoms with E-state index in [1.807, 2.05) is 53.0 Å². The molecule has 1 aliphatic rings. The van der Waals surface area contributed by atoms with Crippen molar-refractivity contribution in [2.45, 2.75) is 25.4 Å². The molecule has 1 aliphatic carbocycles. The number of benzene rings is 2. The van der Waals surface area contributed by atoms with Crippen molar-refractivity contribution in [3.63, 3.8) is 0 Å². The van der Waals surface area contributed by atoms with Gasteiger partial charge in [0, 0.05) is 25.6 Å². The maximum atomic E-state index is 13.1. The number of ether oxygens (including phenoxy) is 3. The zero-order valence-electron chi connectivity index (χ0n) is 18.9. The number of para-hydroxylation sites is 1. The molecule has 0 fully saturated rings. The minimum absolute atomic E-state index is 0.00580. The van der Waals surface area contributed by atoms with Crippen LogP contribution in [0.4, 0.5) is 0 Å². The minimum atomic E-state index is 0.00580. The molecule has 1 atom stereocenters. The van der Waals surface area contributed by atoms with E-state index in [1.165, 1.54) is 0 Å². The SMILES string of the molecule is COCc1nn2c3c(cnc2c1-c1ccc(OC)cc1)C(=O)C[C@H](c1ccccc1OC)C3. The van der Waals surface area contributed by atoms with Crippen molar-refractivity contribution in [3.05, 3.63) is 77.2 Å². The molecule has 0 aliphatic heterocycles. The molecule has 4 aromatic rings. The largest absolute Gasteiger partial charge is 0.497 e. The number of carbonyl (C=O) groups excluding carboxylic acids is 1. The molecule has 168 valence electrons. The molecular weight excluding hydrogens is 418 g/mol. The second kappa shape index (κ2) is 8.67. The van der Waals surface area contributed by atoms with Crippen LogP contribution in [-0.4, -0.2) is 41.7 Å². The standard InChI is InChI=1S/C26H25N3O4/c1-31-15-21-25(16-8-10-18(32-2)11-9-16)26-27-14-20-22(29(26)28-21)12-17(13-23(20)30)19-6-4-5-7-24(19)33-3/h4-11,14,17H,12-13,15H2,1-3H3/t17-/m1/s1. The molecular formula is C26H25N3O4. The first kappa shape index (κ1) is 21.2. The van der Waals surface area contributed by atoms with Crippen LogP contribution in [0.2, 0.25) is 0 Å². The Morgan fingerprint density at radius 3 is 2.52 bits per heavy atom. The highest BCUT2D eigenvalue weighted by molar-refractivity contribution is 5.99. The van der Waals surface area contributed by atoms with Gasteiger partial charge in [-0.3, -0.25) is 4.79 Å². The van der Waals surface area contributed by atoms with Gasteiger partial charge in [-0.15, -0.1) is 0 Å². The maximum absolute atomic E-state index is 13.1. The molecule has 0 amide bonds. The van der Waals surface area contributed by atoms with E-state index >= 15 is 0 Å². The van der Waals surface area contributed by atoms with Crippen molar-refractivity contribution < 1.29 is 19.0 Å². The quantitative estimate of drug-likeness (QED) is 0.438. The summed E-state index contributed by atoms with van der Waals surface area (Å²) in [5.74, 6) is 1.64. The number of hydrogen-bond donors (Lipinski definition) is 0. The zero-order chi connectivity index (χ0) is 22.9. The number of nitrogens with zero attached hydrogens (tertiary/aromatic N) is 3. The van der Waals surface area contributed by atoms with Gasteiger partial charge < -0.3 is 14.2 Å². The molecule has 33 heavy (non-hydrogen) atoms. The van der Waals surface area contributed by atoms with Crippen LogP contribution < -0.4 is 9.47 Å². The monoisotopic (exact) mass is 443 g/mol. The molecule has 2 aromatic carbocycles. The fourth-order valence-corrected chi connectivity index (χ4v) is 4.66. The summed E-state index contributed by atoms with van der Waals surface area (Å²) in [7, 11) is 4.95. The van der Waals surface area contributed by atoms with Gasteiger partial charge >= 0.3 is 0 Å². The maximum Gasteiger partial charge on any atom is 0.166 e. The lowest BCUT2D eigenvalue weighted by Gasteiger charge is -2.25. The zero-order valence-corrected chi connectivity index (χ0v) is 18.9. The van der Waals surface area contributed by atoms with Crippen LogP contribution in [0.1, 0.15) is 39.6 Å². The number of ketones is 1. The third kappa shape index (κ3) is 3.64. The first-order valence-electron chi connectivity index (χ1n) is 10.8. The van der Waals surface area contributed by atoms with Crippen LogP contribution in [-0.2, 0) is 17.8 Å². The Kier molecular flexibility index (Phi) is 5.56. The molecule has 5 rings (SSSR count). The first-order chi connectivity index (χ1) is 16.1. The summed E-state index contributed by atoms with van der Waals surface area (Å²) in [5.41, 5.74) is 5.87. The fourth-order valence-electron chi connectivity index (χ4n) is 4.66. The first-order valence-corrected chi connectivity index (χ1v) is 10.8. The van der Waals surface area contributed by atoms with Gasteiger partial charge in [-0.05, 0) is 35.7 Å². The van der Waals surface area contributed by atoms with E-state index in [0.29, 0.717) is 30.7 Å². The van der Waals surface area contributed by atoms with Gasteiger partial charge in [0.25, 0.3) is 0 Å². The predicted octanol–water partition coefficient (Wildman–Crippen LogP) is 4.47. The lowest BCUT2D eigenvalue weighted by atomic mass is 9.81. The molecule has 2 heterocycles. The van der Waals surface area contributed by atoms with E-state index in [2.05, 4.69) is 4.98 Å². The third-order valence-corrected chi connectivity index (χ3v) is 6.23. The number of Topliss-reactive ketones (excluding diaryl/α,β-unsaturated/α-hetero) is 1. The van der Waals surface area contributed by atoms with Crippen molar-refractivity contribution in [3.8, 4) is 22.6 Å².